The molecule has 0 aromatic heterocycles. The Morgan fingerprint density at radius 3 is 2.73 bits per heavy atom. The largest absolute Gasteiger partial charge is 0.455 e. The minimum atomic E-state index is -0.0145. The van der Waals surface area contributed by atoms with Crippen molar-refractivity contribution in [3.8, 4) is 11.5 Å². The highest BCUT2D eigenvalue weighted by atomic mass is 35.5. The first kappa shape index (κ1) is 20.8. The summed E-state index contributed by atoms with van der Waals surface area (Å²) in [4.78, 5) is 14.8. The number of benzene rings is 2. The van der Waals surface area contributed by atoms with Gasteiger partial charge in [-0.2, -0.15) is 0 Å². The molecule has 0 radical (unpaired) electrons. The number of likely N-dealkylation sites (tertiary alicyclic amines) is 1. The van der Waals surface area contributed by atoms with Crippen molar-refractivity contribution in [1.29, 1.82) is 0 Å². The van der Waals surface area contributed by atoms with Gasteiger partial charge in [0.2, 0.25) is 0 Å². The number of ether oxygens (including phenoxy) is 1. The van der Waals surface area contributed by atoms with Crippen molar-refractivity contribution in [3.05, 3.63) is 58.1 Å². The summed E-state index contributed by atoms with van der Waals surface area (Å²) in [5.74, 6) is 1.45. The van der Waals surface area contributed by atoms with Crippen LogP contribution < -0.4 is 10.1 Å². The molecule has 3 rings (SSSR count). The minimum Gasteiger partial charge on any atom is -0.455 e. The second-order valence-corrected chi connectivity index (χ2v) is 6.98. The Bertz CT molecular complexity index is 770. The summed E-state index contributed by atoms with van der Waals surface area (Å²) in [6.45, 7) is 2.44. The number of hydrogen-bond donors (Lipinski definition) is 1. The molecule has 1 aliphatic rings. The molecule has 1 atom stereocenters. The summed E-state index contributed by atoms with van der Waals surface area (Å²) in [6.07, 6.45) is 1.01. The summed E-state index contributed by atoms with van der Waals surface area (Å²) >= 11 is 12.1. The summed E-state index contributed by atoms with van der Waals surface area (Å²) in [7, 11) is 1.93. The van der Waals surface area contributed by atoms with Gasteiger partial charge in [0, 0.05) is 18.1 Å². The fourth-order valence-corrected chi connectivity index (χ4v) is 3.50. The van der Waals surface area contributed by atoms with Gasteiger partial charge < -0.3 is 15.0 Å². The van der Waals surface area contributed by atoms with Crippen LogP contribution in [0.25, 0.3) is 0 Å². The molecule has 2 aromatic carbocycles. The van der Waals surface area contributed by atoms with Crippen molar-refractivity contribution in [2.45, 2.75) is 6.42 Å². The standard InChI is InChI=1S/C19H20Cl2N2O2.ClH/c1-22-11-13-8-9-23(12-13)19(24)15-4-2-3-5-17(15)25-18-7-6-14(20)10-16(18)21;/h2-7,10,13,22H,8-9,11-12H2,1H3;1H. The lowest BCUT2D eigenvalue weighted by Crippen LogP contribution is -2.30. The molecular formula is C19H21Cl3N2O2. The van der Waals surface area contributed by atoms with Gasteiger partial charge in [-0.1, -0.05) is 35.3 Å². The highest BCUT2D eigenvalue weighted by Gasteiger charge is 2.28. The smallest absolute Gasteiger partial charge is 0.257 e. The molecule has 0 bridgehead atoms. The van der Waals surface area contributed by atoms with Crippen molar-refractivity contribution < 1.29 is 9.53 Å². The van der Waals surface area contributed by atoms with E-state index in [1.165, 1.54) is 0 Å². The van der Waals surface area contributed by atoms with E-state index in [9.17, 15) is 4.79 Å². The number of nitrogens with zero attached hydrogens (tertiary/aromatic N) is 1. The van der Waals surface area contributed by atoms with E-state index in [-0.39, 0.29) is 18.3 Å². The van der Waals surface area contributed by atoms with Crippen LogP contribution in [0.2, 0.25) is 10.0 Å². The lowest BCUT2D eigenvalue weighted by Gasteiger charge is -2.19. The molecule has 4 nitrogen and oxygen atoms in total. The van der Waals surface area contributed by atoms with Crippen LogP contribution in [-0.4, -0.2) is 37.5 Å². The molecule has 0 spiro atoms. The number of para-hydroxylation sites is 1. The van der Waals surface area contributed by atoms with Gasteiger partial charge in [0.05, 0.1) is 10.6 Å². The van der Waals surface area contributed by atoms with Crippen LogP contribution in [0, 0.1) is 5.92 Å². The van der Waals surface area contributed by atoms with Crippen LogP contribution in [-0.2, 0) is 0 Å². The van der Waals surface area contributed by atoms with Gasteiger partial charge in [-0.25, -0.2) is 0 Å². The Balaban J connectivity index is 0.00000243. The Labute approximate surface area is 169 Å². The molecule has 1 amide bonds. The monoisotopic (exact) mass is 414 g/mol. The van der Waals surface area contributed by atoms with E-state index in [0.29, 0.717) is 33.0 Å². The van der Waals surface area contributed by atoms with Crippen molar-refractivity contribution in [3.63, 3.8) is 0 Å². The molecule has 1 aliphatic heterocycles. The predicted octanol–water partition coefficient (Wildman–Crippen LogP) is 4.89. The van der Waals surface area contributed by atoms with Crippen molar-refractivity contribution in [2.75, 3.05) is 26.7 Å². The van der Waals surface area contributed by atoms with E-state index in [0.717, 1.165) is 26.1 Å². The average Bonchev–Trinajstić information content (AvgIpc) is 3.06. The quantitative estimate of drug-likeness (QED) is 0.756. The van der Waals surface area contributed by atoms with Crippen LogP contribution in [0.4, 0.5) is 0 Å². The Morgan fingerprint density at radius 2 is 2.00 bits per heavy atom. The van der Waals surface area contributed by atoms with Crippen LogP contribution in [0.1, 0.15) is 16.8 Å². The third-order valence-corrected chi connectivity index (χ3v) is 4.83. The van der Waals surface area contributed by atoms with E-state index >= 15 is 0 Å². The molecule has 7 heteroatoms. The summed E-state index contributed by atoms with van der Waals surface area (Å²) in [5.41, 5.74) is 0.540. The van der Waals surface area contributed by atoms with Crippen LogP contribution in [0.5, 0.6) is 11.5 Å². The molecule has 26 heavy (non-hydrogen) atoms. The van der Waals surface area contributed by atoms with Gasteiger partial charge in [0.15, 0.2) is 0 Å². The summed E-state index contributed by atoms with van der Waals surface area (Å²) < 4.78 is 5.90. The molecule has 1 fully saturated rings. The minimum absolute atomic E-state index is 0. The molecule has 0 saturated carbocycles. The fourth-order valence-electron chi connectivity index (χ4n) is 3.05. The van der Waals surface area contributed by atoms with Gasteiger partial charge in [-0.05, 0) is 56.3 Å². The highest BCUT2D eigenvalue weighted by Crippen LogP contribution is 2.33. The lowest BCUT2D eigenvalue weighted by molar-refractivity contribution is 0.0784. The molecule has 1 N–H and O–H groups in total. The number of rotatable bonds is 5. The lowest BCUT2D eigenvalue weighted by atomic mass is 10.1. The number of carbonyl (C=O) groups is 1. The third kappa shape index (κ3) is 4.83. The zero-order valence-corrected chi connectivity index (χ0v) is 16.7. The second-order valence-electron chi connectivity index (χ2n) is 6.14. The highest BCUT2D eigenvalue weighted by molar-refractivity contribution is 6.35. The molecule has 2 aromatic rings. The first-order chi connectivity index (χ1) is 12.1. The Hall–Kier alpha value is -1.46. The molecule has 1 heterocycles. The Morgan fingerprint density at radius 1 is 1.23 bits per heavy atom. The zero-order chi connectivity index (χ0) is 17.8. The molecule has 1 unspecified atom stereocenters. The second kappa shape index (κ2) is 9.47. The van der Waals surface area contributed by atoms with Crippen molar-refractivity contribution in [2.24, 2.45) is 5.92 Å². The summed E-state index contributed by atoms with van der Waals surface area (Å²) in [5, 5.41) is 4.12. The van der Waals surface area contributed by atoms with Crippen LogP contribution >= 0.6 is 35.6 Å². The predicted molar refractivity (Wildman–Crippen MR) is 108 cm³/mol. The molecular weight excluding hydrogens is 395 g/mol. The maximum atomic E-state index is 12.9. The molecule has 1 saturated heterocycles. The van der Waals surface area contributed by atoms with E-state index in [1.54, 1.807) is 30.3 Å². The number of hydrogen-bond acceptors (Lipinski definition) is 3. The number of nitrogens with one attached hydrogen (secondary N) is 1. The normalized spacial score (nSPS) is 16.3. The van der Waals surface area contributed by atoms with Crippen molar-refractivity contribution in [1.82, 2.24) is 10.2 Å². The first-order valence-electron chi connectivity index (χ1n) is 8.24. The number of amides is 1. The third-order valence-electron chi connectivity index (χ3n) is 4.30. The topological polar surface area (TPSA) is 41.6 Å². The molecule has 0 aliphatic carbocycles. The van der Waals surface area contributed by atoms with E-state index in [2.05, 4.69) is 5.32 Å². The Kier molecular flexibility index (Phi) is 7.59. The fraction of sp³-hybridized carbons (Fsp3) is 0.316. The maximum absolute atomic E-state index is 12.9. The average molecular weight is 416 g/mol. The van der Waals surface area contributed by atoms with Gasteiger partial charge in [0.25, 0.3) is 5.91 Å². The first-order valence-corrected chi connectivity index (χ1v) is 9.00. The SMILES string of the molecule is CNCC1CCN(C(=O)c2ccccc2Oc2ccc(Cl)cc2Cl)C1.Cl. The van der Waals surface area contributed by atoms with Gasteiger partial charge >= 0.3 is 0 Å². The number of halogens is 3. The van der Waals surface area contributed by atoms with Gasteiger partial charge in [-0.15, -0.1) is 12.4 Å². The van der Waals surface area contributed by atoms with Crippen molar-refractivity contribution >= 4 is 41.5 Å². The van der Waals surface area contributed by atoms with Gasteiger partial charge in [-0.3, -0.25) is 4.79 Å². The van der Waals surface area contributed by atoms with E-state index in [4.69, 9.17) is 27.9 Å². The van der Waals surface area contributed by atoms with E-state index < -0.39 is 0 Å². The molecule has 140 valence electrons. The van der Waals surface area contributed by atoms with E-state index in [1.807, 2.05) is 24.1 Å². The zero-order valence-electron chi connectivity index (χ0n) is 14.4. The summed E-state index contributed by atoms with van der Waals surface area (Å²) in [6, 6.07) is 12.3. The van der Waals surface area contributed by atoms with Crippen LogP contribution in [0.15, 0.2) is 42.5 Å². The van der Waals surface area contributed by atoms with Crippen LogP contribution in [0.3, 0.4) is 0 Å². The van der Waals surface area contributed by atoms with Gasteiger partial charge in [0.1, 0.15) is 11.5 Å². The maximum Gasteiger partial charge on any atom is 0.257 e. The number of carbonyl (C=O) groups excluding carboxylic acids is 1.